The number of hydrogen-bond acceptors (Lipinski definition) is 3. The third-order valence-electron chi connectivity index (χ3n) is 3.25. The molecular formula is C11H20N4. The topological polar surface area (TPSA) is 47.1 Å². The van der Waals surface area contributed by atoms with Gasteiger partial charge in [-0.2, -0.15) is 0 Å². The van der Waals surface area contributed by atoms with Crippen molar-refractivity contribution in [2.45, 2.75) is 31.8 Å². The minimum absolute atomic E-state index is 0.667. The zero-order valence-electron chi connectivity index (χ0n) is 9.61. The summed E-state index contributed by atoms with van der Waals surface area (Å²) in [7, 11) is 4.30. The summed E-state index contributed by atoms with van der Waals surface area (Å²) in [6.07, 6.45) is 5.24. The van der Waals surface area contributed by atoms with Crippen molar-refractivity contribution < 1.29 is 0 Å². The molecule has 0 saturated heterocycles. The normalized spacial score (nSPS) is 20.7. The molecule has 1 atom stereocenters. The predicted octanol–water partition coefficient (Wildman–Crippen LogP) is 0.261. The largest absolute Gasteiger partial charge is 0.332 e. The molecule has 1 unspecified atom stereocenters. The van der Waals surface area contributed by atoms with Crippen LogP contribution in [0.1, 0.15) is 17.9 Å². The molecule has 1 aromatic heterocycles. The maximum atomic E-state index is 5.57. The molecule has 15 heavy (non-hydrogen) atoms. The number of fused-ring (bicyclic) bond motifs is 1. The molecule has 0 spiro atoms. The van der Waals surface area contributed by atoms with Gasteiger partial charge in [0.2, 0.25) is 0 Å². The van der Waals surface area contributed by atoms with Gasteiger partial charge in [0.1, 0.15) is 5.82 Å². The van der Waals surface area contributed by atoms with Crippen LogP contribution < -0.4 is 5.73 Å². The van der Waals surface area contributed by atoms with Crippen molar-refractivity contribution in [2.75, 3.05) is 20.6 Å². The summed E-state index contributed by atoms with van der Waals surface area (Å²) in [5.74, 6) is 1.16. The van der Waals surface area contributed by atoms with Crippen molar-refractivity contribution in [3.8, 4) is 0 Å². The third kappa shape index (κ3) is 2.06. The van der Waals surface area contributed by atoms with E-state index in [0.717, 1.165) is 25.2 Å². The van der Waals surface area contributed by atoms with Crippen LogP contribution >= 0.6 is 0 Å². The third-order valence-corrected chi connectivity index (χ3v) is 3.25. The Labute approximate surface area is 91.1 Å². The Morgan fingerprint density at radius 1 is 1.60 bits per heavy atom. The molecule has 1 aliphatic heterocycles. The summed E-state index contributed by atoms with van der Waals surface area (Å²) in [5, 5.41) is 0. The molecule has 0 radical (unpaired) electrons. The SMILES string of the molecule is CN(C)C1CCn2c(cnc2CCN)C1. The molecule has 4 nitrogen and oxygen atoms in total. The van der Waals surface area contributed by atoms with Gasteiger partial charge < -0.3 is 15.2 Å². The standard InChI is InChI=1S/C11H20N4/c1-14(2)9-4-6-15-10(7-9)8-13-11(15)3-5-12/h8-9H,3-7,12H2,1-2H3. The highest BCUT2D eigenvalue weighted by Crippen LogP contribution is 2.19. The van der Waals surface area contributed by atoms with Crippen molar-refractivity contribution in [3.63, 3.8) is 0 Å². The van der Waals surface area contributed by atoms with E-state index < -0.39 is 0 Å². The molecule has 0 amide bonds. The van der Waals surface area contributed by atoms with Gasteiger partial charge >= 0.3 is 0 Å². The summed E-state index contributed by atoms with van der Waals surface area (Å²) < 4.78 is 2.34. The van der Waals surface area contributed by atoms with E-state index in [0.29, 0.717) is 12.6 Å². The fourth-order valence-electron chi connectivity index (χ4n) is 2.28. The van der Waals surface area contributed by atoms with Crippen molar-refractivity contribution in [2.24, 2.45) is 5.73 Å². The van der Waals surface area contributed by atoms with Gasteiger partial charge in [0, 0.05) is 37.3 Å². The Morgan fingerprint density at radius 2 is 2.40 bits per heavy atom. The van der Waals surface area contributed by atoms with E-state index >= 15 is 0 Å². The fraction of sp³-hybridized carbons (Fsp3) is 0.727. The average Bonchev–Trinajstić information content (AvgIpc) is 2.61. The zero-order chi connectivity index (χ0) is 10.8. The van der Waals surface area contributed by atoms with Crippen molar-refractivity contribution >= 4 is 0 Å². The van der Waals surface area contributed by atoms with Crippen LogP contribution in [0.3, 0.4) is 0 Å². The molecule has 4 heteroatoms. The Hall–Kier alpha value is -0.870. The van der Waals surface area contributed by atoms with E-state index in [1.165, 1.54) is 12.1 Å². The van der Waals surface area contributed by atoms with Crippen LogP contribution in [-0.2, 0) is 19.4 Å². The Kier molecular flexibility index (Phi) is 3.07. The number of nitrogens with zero attached hydrogens (tertiary/aromatic N) is 3. The van der Waals surface area contributed by atoms with E-state index in [-0.39, 0.29) is 0 Å². The van der Waals surface area contributed by atoms with Crippen molar-refractivity contribution in [3.05, 3.63) is 17.7 Å². The summed E-state index contributed by atoms with van der Waals surface area (Å²) in [6, 6.07) is 0.667. The highest BCUT2D eigenvalue weighted by Gasteiger charge is 2.22. The number of imidazole rings is 1. The molecule has 2 heterocycles. The lowest BCUT2D eigenvalue weighted by atomic mass is 10.0. The second-order valence-corrected chi connectivity index (χ2v) is 4.47. The number of aromatic nitrogens is 2. The van der Waals surface area contributed by atoms with Crippen LogP contribution in [0.25, 0.3) is 0 Å². The van der Waals surface area contributed by atoms with Gasteiger partial charge in [-0.05, 0) is 27.1 Å². The summed E-state index contributed by atoms with van der Waals surface area (Å²) >= 11 is 0. The maximum absolute atomic E-state index is 5.57. The van der Waals surface area contributed by atoms with Crippen molar-refractivity contribution in [1.82, 2.24) is 14.5 Å². The lowest BCUT2D eigenvalue weighted by molar-refractivity contribution is 0.244. The molecule has 2 N–H and O–H groups in total. The summed E-state index contributed by atoms with van der Waals surface area (Å²) in [6.45, 7) is 1.78. The quantitative estimate of drug-likeness (QED) is 0.775. The molecule has 0 aliphatic carbocycles. The lowest BCUT2D eigenvalue weighted by Crippen LogP contribution is -2.35. The minimum atomic E-state index is 0.667. The van der Waals surface area contributed by atoms with Gasteiger partial charge in [-0.1, -0.05) is 0 Å². The monoisotopic (exact) mass is 208 g/mol. The van der Waals surface area contributed by atoms with Gasteiger partial charge in [-0.15, -0.1) is 0 Å². The van der Waals surface area contributed by atoms with E-state index in [1.54, 1.807) is 0 Å². The number of likely N-dealkylation sites (N-methyl/N-ethyl adjacent to an activating group) is 1. The van der Waals surface area contributed by atoms with Crippen molar-refractivity contribution in [1.29, 1.82) is 0 Å². The predicted molar refractivity (Wildman–Crippen MR) is 60.8 cm³/mol. The lowest BCUT2D eigenvalue weighted by Gasteiger charge is -2.29. The molecule has 2 rings (SSSR count). The van der Waals surface area contributed by atoms with Gasteiger partial charge in [0.25, 0.3) is 0 Å². The average molecular weight is 208 g/mol. The van der Waals surface area contributed by atoms with Gasteiger partial charge in [-0.25, -0.2) is 4.98 Å². The Balaban J connectivity index is 2.15. The molecule has 0 bridgehead atoms. The molecule has 1 aromatic rings. The summed E-state index contributed by atoms with van der Waals surface area (Å²) in [5.41, 5.74) is 6.93. The smallest absolute Gasteiger partial charge is 0.110 e. The Bertz CT molecular complexity index is 329. The molecule has 0 aromatic carbocycles. The first-order valence-electron chi connectivity index (χ1n) is 5.62. The second kappa shape index (κ2) is 4.33. The molecule has 1 aliphatic rings. The molecule has 0 fully saturated rings. The first kappa shape index (κ1) is 10.6. The van der Waals surface area contributed by atoms with E-state index in [9.17, 15) is 0 Å². The molecule has 0 saturated carbocycles. The van der Waals surface area contributed by atoms with Gasteiger partial charge in [0.05, 0.1) is 0 Å². The van der Waals surface area contributed by atoms with Crippen LogP contribution in [0.15, 0.2) is 6.20 Å². The minimum Gasteiger partial charge on any atom is -0.332 e. The highest BCUT2D eigenvalue weighted by atomic mass is 15.1. The van der Waals surface area contributed by atoms with Crippen LogP contribution in [0.5, 0.6) is 0 Å². The summed E-state index contributed by atoms with van der Waals surface area (Å²) in [4.78, 5) is 6.75. The fourth-order valence-corrected chi connectivity index (χ4v) is 2.28. The van der Waals surface area contributed by atoms with Crippen LogP contribution in [0.2, 0.25) is 0 Å². The first-order valence-corrected chi connectivity index (χ1v) is 5.62. The van der Waals surface area contributed by atoms with Crippen LogP contribution in [0.4, 0.5) is 0 Å². The van der Waals surface area contributed by atoms with Crippen LogP contribution in [-0.4, -0.2) is 41.1 Å². The van der Waals surface area contributed by atoms with E-state index in [2.05, 4.69) is 28.5 Å². The molecular weight excluding hydrogens is 188 g/mol. The second-order valence-electron chi connectivity index (χ2n) is 4.47. The number of hydrogen-bond donors (Lipinski definition) is 1. The van der Waals surface area contributed by atoms with Gasteiger partial charge in [0.15, 0.2) is 0 Å². The highest BCUT2D eigenvalue weighted by molar-refractivity contribution is 5.10. The first-order chi connectivity index (χ1) is 7.22. The number of rotatable bonds is 3. The van der Waals surface area contributed by atoms with Crippen LogP contribution in [0, 0.1) is 0 Å². The molecule has 84 valence electrons. The van der Waals surface area contributed by atoms with E-state index in [1.807, 2.05) is 6.20 Å². The number of nitrogens with two attached hydrogens (primary N) is 1. The van der Waals surface area contributed by atoms with Gasteiger partial charge in [-0.3, -0.25) is 0 Å². The Morgan fingerprint density at radius 3 is 3.07 bits per heavy atom. The maximum Gasteiger partial charge on any atom is 0.110 e. The zero-order valence-corrected chi connectivity index (χ0v) is 9.61. The van der Waals surface area contributed by atoms with E-state index in [4.69, 9.17) is 5.73 Å².